The van der Waals surface area contributed by atoms with Crippen LogP contribution >= 0.6 is 0 Å². The number of aldehydes is 1. The van der Waals surface area contributed by atoms with Crippen LogP contribution in [-0.4, -0.2) is 27.9 Å². The Morgan fingerprint density at radius 1 is 1.60 bits per heavy atom. The minimum atomic E-state index is -1.10. The largest absolute Gasteiger partial charge is 0.382 e. The summed E-state index contributed by atoms with van der Waals surface area (Å²) in [7, 11) is 0. The van der Waals surface area contributed by atoms with Crippen molar-refractivity contribution in [3.8, 4) is 0 Å². The van der Waals surface area contributed by atoms with Crippen molar-refractivity contribution in [1.82, 2.24) is 9.97 Å². The molecule has 7 nitrogen and oxygen atoms in total. The summed E-state index contributed by atoms with van der Waals surface area (Å²) < 4.78 is 0. The summed E-state index contributed by atoms with van der Waals surface area (Å²) in [6, 6.07) is 0. The minimum absolute atomic E-state index is 0.0800. The molecule has 15 heavy (non-hydrogen) atoms. The molecule has 0 aliphatic rings. The topological polar surface area (TPSA) is 132 Å². The van der Waals surface area contributed by atoms with E-state index in [0.717, 1.165) is 0 Å². The first-order chi connectivity index (χ1) is 7.07. The van der Waals surface area contributed by atoms with E-state index in [2.05, 4.69) is 9.97 Å². The lowest BCUT2D eigenvalue weighted by molar-refractivity contribution is -0.137. The summed E-state index contributed by atoms with van der Waals surface area (Å²) in [4.78, 5) is 38.7. The van der Waals surface area contributed by atoms with Crippen LogP contribution in [0.15, 0.2) is 6.33 Å². The molecule has 1 aromatic heterocycles. The van der Waals surface area contributed by atoms with Gasteiger partial charge in [0.2, 0.25) is 5.78 Å². The van der Waals surface area contributed by atoms with E-state index < -0.39 is 17.6 Å². The lowest BCUT2D eigenvalue weighted by Gasteiger charge is -2.09. The Morgan fingerprint density at radius 3 is 2.67 bits per heavy atom. The molecule has 0 aliphatic heterocycles. The Kier molecular flexibility index (Phi) is 3.17. The van der Waals surface area contributed by atoms with E-state index in [1.807, 2.05) is 0 Å². The number of ketones is 1. The average Bonchev–Trinajstić information content (AvgIpc) is 2.59. The van der Waals surface area contributed by atoms with Gasteiger partial charge in [0, 0.05) is 6.42 Å². The van der Waals surface area contributed by atoms with Gasteiger partial charge in [-0.2, -0.15) is 0 Å². The van der Waals surface area contributed by atoms with Crippen LogP contribution in [-0.2, 0) is 14.4 Å². The Labute approximate surface area is 84.8 Å². The van der Waals surface area contributed by atoms with Crippen molar-refractivity contribution in [3.63, 3.8) is 0 Å². The number of nitrogens with zero attached hydrogens (tertiary/aromatic N) is 1. The number of imidazole rings is 1. The Bertz CT molecular complexity index is 398. The van der Waals surface area contributed by atoms with Gasteiger partial charge in [-0.25, -0.2) is 4.98 Å². The van der Waals surface area contributed by atoms with E-state index in [4.69, 9.17) is 11.5 Å². The number of Topliss-reactive ketones (excluding diaryl/α,β-unsaturated/α-hetero) is 1. The average molecular weight is 210 g/mol. The third kappa shape index (κ3) is 2.19. The molecule has 1 aromatic rings. The summed E-state index contributed by atoms with van der Waals surface area (Å²) in [5, 5.41) is 0. The molecule has 0 aromatic carbocycles. The van der Waals surface area contributed by atoms with Gasteiger partial charge >= 0.3 is 0 Å². The molecule has 0 saturated heterocycles. The molecule has 0 radical (unpaired) electrons. The Balaban J connectivity index is 3.03. The molecule has 1 atom stereocenters. The molecule has 1 amide bonds. The van der Waals surface area contributed by atoms with Gasteiger partial charge in [-0.1, -0.05) is 0 Å². The molecule has 0 saturated carbocycles. The standard InChI is InChI=1S/C8H10N4O3/c9-7-5(11-3-12-7)4(1-2-13)6(14)8(10)15/h2-4H,1,9H2,(H2,10,15)(H,11,12). The Morgan fingerprint density at radius 2 is 2.27 bits per heavy atom. The predicted octanol–water partition coefficient (Wildman–Crippen LogP) is -1.28. The van der Waals surface area contributed by atoms with Crippen molar-refractivity contribution in [3.05, 3.63) is 12.0 Å². The van der Waals surface area contributed by atoms with Crippen LogP contribution in [0.4, 0.5) is 5.82 Å². The number of H-pyrrole nitrogens is 1. The summed E-state index contributed by atoms with van der Waals surface area (Å²) >= 11 is 0. The number of anilines is 1. The molecule has 0 bridgehead atoms. The summed E-state index contributed by atoms with van der Waals surface area (Å²) in [6.07, 6.45) is 1.64. The van der Waals surface area contributed by atoms with Crippen LogP contribution < -0.4 is 11.5 Å². The first-order valence-electron chi connectivity index (χ1n) is 4.14. The number of aromatic amines is 1. The van der Waals surface area contributed by atoms with Crippen LogP contribution in [0.5, 0.6) is 0 Å². The van der Waals surface area contributed by atoms with Gasteiger partial charge in [0.05, 0.1) is 17.9 Å². The molecule has 1 heterocycles. The number of nitrogen functional groups attached to an aromatic ring is 1. The number of primary amides is 1. The van der Waals surface area contributed by atoms with Gasteiger partial charge in [-0.05, 0) is 0 Å². The van der Waals surface area contributed by atoms with Crippen molar-refractivity contribution in [2.75, 3.05) is 5.73 Å². The molecule has 1 unspecified atom stereocenters. The summed E-state index contributed by atoms with van der Waals surface area (Å²) in [6.45, 7) is 0. The molecule has 80 valence electrons. The van der Waals surface area contributed by atoms with E-state index in [9.17, 15) is 14.4 Å². The third-order valence-corrected chi connectivity index (χ3v) is 1.94. The monoisotopic (exact) mass is 210 g/mol. The highest BCUT2D eigenvalue weighted by atomic mass is 16.2. The van der Waals surface area contributed by atoms with Gasteiger partial charge in [-0.3, -0.25) is 9.59 Å². The van der Waals surface area contributed by atoms with Crippen molar-refractivity contribution in [2.45, 2.75) is 12.3 Å². The smallest absolute Gasteiger partial charge is 0.285 e. The molecular weight excluding hydrogens is 200 g/mol. The lowest BCUT2D eigenvalue weighted by Crippen LogP contribution is -2.29. The minimum Gasteiger partial charge on any atom is -0.382 e. The van der Waals surface area contributed by atoms with Crippen LogP contribution in [0.3, 0.4) is 0 Å². The number of rotatable bonds is 5. The summed E-state index contributed by atoms with van der Waals surface area (Å²) in [5.41, 5.74) is 10.5. The third-order valence-electron chi connectivity index (χ3n) is 1.94. The molecule has 0 aliphatic carbocycles. The molecule has 7 heteroatoms. The first-order valence-corrected chi connectivity index (χ1v) is 4.14. The van der Waals surface area contributed by atoms with Crippen LogP contribution in [0.1, 0.15) is 18.0 Å². The number of hydrogen-bond acceptors (Lipinski definition) is 5. The second-order valence-electron chi connectivity index (χ2n) is 2.88. The maximum absolute atomic E-state index is 11.3. The molecule has 0 spiro atoms. The van der Waals surface area contributed by atoms with Crippen LogP contribution in [0.25, 0.3) is 0 Å². The van der Waals surface area contributed by atoms with E-state index in [1.165, 1.54) is 6.33 Å². The molecule has 5 N–H and O–H groups in total. The van der Waals surface area contributed by atoms with Crippen molar-refractivity contribution in [1.29, 1.82) is 0 Å². The number of carbonyl (C=O) groups excluding carboxylic acids is 3. The Hall–Kier alpha value is -2.18. The normalized spacial score (nSPS) is 12.0. The van der Waals surface area contributed by atoms with Gasteiger partial charge in [-0.15, -0.1) is 0 Å². The fourth-order valence-corrected chi connectivity index (χ4v) is 1.22. The van der Waals surface area contributed by atoms with Crippen molar-refractivity contribution < 1.29 is 14.4 Å². The lowest BCUT2D eigenvalue weighted by atomic mass is 9.96. The zero-order valence-electron chi connectivity index (χ0n) is 7.77. The fourth-order valence-electron chi connectivity index (χ4n) is 1.22. The fraction of sp³-hybridized carbons (Fsp3) is 0.250. The number of nitrogens with two attached hydrogens (primary N) is 2. The number of amides is 1. The number of nitrogens with one attached hydrogen (secondary N) is 1. The van der Waals surface area contributed by atoms with Crippen LogP contribution in [0, 0.1) is 0 Å². The van der Waals surface area contributed by atoms with Gasteiger partial charge in [0.25, 0.3) is 5.91 Å². The van der Waals surface area contributed by atoms with E-state index in [0.29, 0.717) is 6.29 Å². The number of aromatic nitrogens is 2. The molecule has 1 rings (SSSR count). The zero-order chi connectivity index (χ0) is 11.4. The van der Waals surface area contributed by atoms with Gasteiger partial charge in [0.1, 0.15) is 12.1 Å². The van der Waals surface area contributed by atoms with Crippen molar-refractivity contribution >= 4 is 23.8 Å². The van der Waals surface area contributed by atoms with E-state index in [1.54, 1.807) is 0 Å². The quantitative estimate of drug-likeness (QED) is 0.411. The second kappa shape index (κ2) is 4.36. The highest BCUT2D eigenvalue weighted by molar-refractivity contribution is 6.37. The highest BCUT2D eigenvalue weighted by Gasteiger charge is 2.27. The second-order valence-corrected chi connectivity index (χ2v) is 2.88. The molecule has 0 fully saturated rings. The van der Waals surface area contributed by atoms with Crippen LogP contribution in [0.2, 0.25) is 0 Å². The predicted molar refractivity (Wildman–Crippen MR) is 50.6 cm³/mol. The first kappa shape index (κ1) is 10.9. The highest BCUT2D eigenvalue weighted by Crippen LogP contribution is 2.21. The summed E-state index contributed by atoms with van der Waals surface area (Å²) in [5.74, 6) is -2.85. The SMILES string of the molecule is NC(=O)C(=O)C(CC=O)c1[nH]cnc1N. The van der Waals surface area contributed by atoms with Crippen molar-refractivity contribution in [2.24, 2.45) is 5.73 Å². The number of hydrogen-bond donors (Lipinski definition) is 3. The van der Waals surface area contributed by atoms with E-state index in [-0.39, 0.29) is 17.9 Å². The van der Waals surface area contributed by atoms with E-state index >= 15 is 0 Å². The molecular formula is C8H10N4O3. The number of carbonyl (C=O) groups is 3. The van der Waals surface area contributed by atoms with Gasteiger partial charge < -0.3 is 21.2 Å². The van der Waals surface area contributed by atoms with Gasteiger partial charge in [0.15, 0.2) is 0 Å². The maximum atomic E-state index is 11.3. The maximum Gasteiger partial charge on any atom is 0.285 e. The zero-order valence-corrected chi connectivity index (χ0v) is 7.77.